The van der Waals surface area contributed by atoms with E-state index in [2.05, 4.69) is 15.9 Å². The van der Waals surface area contributed by atoms with Gasteiger partial charge in [-0.15, -0.1) is 0 Å². The van der Waals surface area contributed by atoms with Gasteiger partial charge < -0.3 is 5.73 Å². The molecule has 0 aliphatic heterocycles. The van der Waals surface area contributed by atoms with Gasteiger partial charge in [0.15, 0.2) is 0 Å². The Balaban J connectivity index is 2.83. The van der Waals surface area contributed by atoms with Crippen LogP contribution in [0.5, 0.6) is 0 Å². The van der Waals surface area contributed by atoms with Crippen molar-refractivity contribution in [1.29, 1.82) is 0 Å². The Labute approximate surface area is 113 Å². The van der Waals surface area contributed by atoms with Crippen LogP contribution in [0, 0.1) is 0 Å². The van der Waals surface area contributed by atoms with E-state index >= 15 is 0 Å². The first-order valence-corrected chi connectivity index (χ1v) is 6.33. The fourth-order valence-corrected chi connectivity index (χ4v) is 2.08. The van der Waals surface area contributed by atoms with Crippen LogP contribution in [0.2, 0.25) is 0 Å². The lowest BCUT2D eigenvalue weighted by Gasteiger charge is -2.27. The van der Waals surface area contributed by atoms with Gasteiger partial charge in [-0.2, -0.15) is 13.2 Å². The van der Waals surface area contributed by atoms with Crippen molar-refractivity contribution >= 4 is 21.6 Å². The van der Waals surface area contributed by atoms with E-state index in [1.165, 1.54) is 4.90 Å². The molecule has 0 radical (unpaired) electrons. The zero-order valence-corrected chi connectivity index (χ0v) is 11.8. The summed E-state index contributed by atoms with van der Waals surface area (Å²) in [6.07, 6.45) is -4.19. The van der Waals surface area contributed by atoms with Gasteiger partial charge in [0.1, 0.15) is 0 Å². The minimum Gasteiger partial charge on any atom is -0.399 e. The lowest BCUT2D eigenvalue weighted by Crippen LogP contribution is -2.38. The first-order chi connectivity index (χ1) is 8.19. The zero-order chi connectivity index (χ0) is 13.9. The number of nitrogen functional groups attached to an aromatic ring is 1. The highest BCUT2D eigenvalue weighted by Crippen LogP contribution is 2.24. The van der Waals surface area contributed by atoms with E-state index in [0.29, 0.717) is 5.69 Å². The molecule has 0 fully saturated rings. The Hall–Kier alpha value is -0.750. The maximum Gasteiger partial charge on any atom is 0.401 e. The second kappa shape index (κ2) is 5.93. The molecule has 2 N–H and O–H groups in total. The molecule has 0 bridgehead atoms. The molecule has 0 aromatic heterocycles. The molecule has 102 valence electrons. The van der Waals surface area contributed by atoms with Crippen LogP contribution < -0.4 is 5.73 Å². The summed E-state index contributed by atoms with van der Waals surface area (Å²) in [5.41, 5.74) is 6.97. The average molecular weight is 325 g/mol. The van der Waals surface area contributed by atoms with Crippen molar-refractivity contribution in [2.24, 2.45) is 0 Å². The van der Waals surface area contributed by atoms with Crippen LogP contribution >= 0.6 is 15.9 Å². The van der Waals surface area contributed by atoms with Gasteiger partial charge in [-0.1, -0.05) is 22.0 Å². The first kappa shape index (κ1) is 15.3. The molecule has 0 atom stereocenters. The standard InChI is InChI=1S/C12H16BrF3N2/c1-8(2)18(7-12(14,15)16)6-9-3-4-10(17)5-11(9)13/h3-5,8H,6-7,17H2,1-2H3. The maximum absolute atomic E-state index is 12.5. The van der Waals surface area contributed by atoms with Gasteiger partial charge in [0.2, 0.25) is 0 Å². The normalized spacial score (nSPS) is 12.4. The van der Waals surface area contributed by atoms with Gasteiger partial charge in [-0.05, 0) is 31.5 Å². The summed E-state index contributed by atoms with van der Waals surface area (Å²) in [5.74, 6) is 0. The van der Waals surface area contributed by atoms with Crippen LogP contribution in [0.1, 0.15) is 19.4 Å². The number of nitrogens with two attached hydrogens (primary N) is 1. The molecule has 0 amide bonds. The molecule has 0 unspecified atom stereocenters. The number of alkyl halides is 3. The van der Waals surface area contributed by atoms with Crippen LogP contribution in [0.25, 0.3) is 0 Å². The van der Waals surface area contributed by atoms with Crippen LogP contribution in [0.4, 0.5) is 18.9 Å². The molecular weight excluding hydrogens is 309 g/mol. The Bertz CT molecular complexity index is 405. The molecule has 1 rings (SSSR count). The van der Waals surface area contributed by atoms with Gasteiger partial charge in [-0.3, -0.25) is 4.90 Å². The fourth-order valence-electron chi connectivity index (χ4n) is 1.56. The second-order valence-electron chi connectivity index (χ2n) is 4.46. The van der Waals surface area contributed by atoms with Crippen molar-refractivity contribution in [3.8, 4) is 0 Å². The molecule has 18 heavy (non-hydrogen) atoms. The molecular formula is C12H16BrF3N2. The van der Waals surface area contributed by atoms with E-state index in [-0.39, 0.29) is 12.6 Å². The molecule has 0 spiro atoms. The third-order valence-corrected chi connectivity index (χ3v) is 3.30. The van der Waals surface area contributed by atoms with Crippen molar-refractivity contribution < 1.29 is 13.2 Å². The highest BCUT2D eigenvalue weighted by Gasteiger charge is 2.31. The van der Waals surface area contributed by atoms with Crippen molar-refractivity contribution in [3.05, 3.63) is 28.2 Å². The van der Waals surface area contributed by atoms with Crippen LogP contribution in [-0.4, -0.2) is 23.7 Å². The van der Waals surface area contributed by atoms with Crippen LogP contribution in [0.3, 0.4) is 0 Å². The fraction of sp³-hybridized carbons (Fsp3) is 0.500. The van der Waals surface area contributed by atoms with Gasteiger partial charge in [-0.25, -0.2) is 0 Å². The SMILES string of the molecule is CC(C)N(Cc1ccc(N)cc1Br)CC(F)(F)F. The van der Waals surface area contributed by atoms with Gasteiger partial charge >= 0.3 is 6.18 Å². The topological polar surface area (TPSA) is 29.3 Å². The summed E-state index contributed by atoms with van der Waals surface area (Å²) >= 11 is 3.32. The molecule has 0 aliphatic carbocycles. The molecule has 0 saturated carbocycles. The molecule has 0 heterocycles. The van der Waals surface area contributed by atoms with E-state index in [1.54, 1.807) is 32.0 Å². The van der Waals surface area contributed by atoms with E-state index in [0.717, 1.165) is 10.0 Å². The lowest BCUT2D eigenvalue weighted by molar-refractivity contribution is -0.150. The minimum atomic E-state index is -4.19. The minimum absolute atomic E-state index is 0.184. The number of nitrogens with zero attached hydrogens (tertiary/aromatic N) is 1. The zero-order valence-electron chi connectivity index (χ0n) is 10.3. The Morgan fingerprint density at radius 3 is 2.39 bits per heavy atom. The Kier molecular flexibility index (Phi) is 5.04. The molecule has 1 aromatic carbocycles. The highest BCUT2D eigenvalue weighted by molar-refractivity contribution is 9.10. The van der Waals surface area contributed by atoms with E-state index in [9.17, 15) is 13.2 Å². The van der Waals surface area contributed by atoms with Crippen molar-refractivity contribution in [2.45, 2.75) is 32.6 Å². The lowest BCUT2D eigenvalue weighted by atomic mass is 10.1. The molecule has 2 nitrogen and oxygen atoms in total. The number of rotatable bonds is 4. The monoisotopic (exact) mass is 324 g/mol. The average Bonchev–Trinajstić information content (AvgIpc) is 2.18. The predicted octanol–water partition coefficient (Wildman–Crippen LogP) is 3.80. The van der Waals surface area contributed by atoms with Crippen molar-refractivity contribution in [1.82, 2.24) is 4.90 Å². The predicted molar refractivity (Wildman–Crippen MR) is 70.2 cm³/mol. The number of hydrogen-bond acceptors (Lipinski definition) is 2. The number of benzene rings is 1. The summed E-state index contributed by atoms with van der Waals surface area (Å²) in [6.45, 7) is 2.81. The summed E-state index contributed by atoms with van der Waals surface area (Å²) in [5, 5.41) is 0. The second-order valence-corrected chi connectivity index (χ2v) is 5.32. The maximum atomic E-state index is 12.5. The van der Waals surface area contributed by atoms with E-state index < -0.39 is 12.7 Å². The summed E-state index contributed by atoms with van der Waals surface area (Å²) < 4.78 is 38.1. The van der Waals surface area contributed by atoms with Crippen LogP contribution in [-0.2, 0) is 6.54 Å². The highest BCUT2D eigenvalue weighted by atomic mass is 79.9. The van der Waals surface area contributed by atoms with Gasteiger partial charge in [0, 0.05) is 22.7 Å². The first-order valence-electron chi connectivity index (χ1n) is 5.54. The molecule has 1 aromatic rings. The summed E-state index contributed by atoms with van der Waals surface area (Å²) in [6, 6.07) is 4.94. The van der Waals surface area contributed by atoms with Crippen molar-refractivity contribution in [2.75, 3.05) is 12.3 Å². The largest absolute Gasteiger partial charge is 0.401 e. The molecule has 6 heteroatoms. The van der Waals surface area contributed by atoms with Crippen LogP contribution in [0.15, 0.2) is 22.7 Å². The molecule has 0 saturated heterocycles. The van der Waals surface area contributed by atoms with Gasteiger partial charge in [0.25, 0.3) is 0 Å². The van der Waals surface area contributed by atoms with Gasteiger partial charge in [0.05, 0.1) is 6.54 Å². The number of hydrogen-bond donors (Lipinski definition) is 1. The van der Waals surface area contributed by atoms with E-state index in [4.69, 9.17) is 5.73 Å². The van der Waals surface area contributed by atoms with E-state index in [1.807, 2.05) is 0 Å². The quantitative estimate of drug-likeness (QED) is 0.853. The number of anilines is 1. The third kappa shape index (κ3) is 4.86. The summed E-state index contributed by atoms with van der Waals surface area (Å²) in [7, 11) is 0. The van der Waals surface area contributed by atoms with Crippen molar-refractivity contribution in [3.63, 3.8) is 0 Å². The third-order valence-electron chi connectivity index (χ3n) is 2.56. The number of halogens is 4. The molecule has 0 aliphatic rings. The Morgan fingerprint density at radius 2 is 1.94 bits per heavy atom. The summed E-state index contributed by atoms with van der Waals surface area (Å²) in [4.78, 5) is 1.37. The Morgan fingerprint density at radius 1 is 1.33 bits per heavy atom. The smallest absolute Gasteiger partial charge is 0.399 e.